The van der Waals surface area contributed by atoms with Crippen molar-refractivity contribution in [3.63, 3.8) is 0 Å². The van der Waals surface area contributed by atoms with Crippen molar-refractivity contribution >= 4 is 0 Å². The van der Waals surface area contributed by atoms with Crippen LogP contribution in [0.25, 0.3) is 0 Å². The summed E-state index contributed by atoms with van der Waals surface area (Å²) in [7, 11) is 3.45. The first-order valence-corrected chi connectivity index (χ1v) is 7.24. The van der Waals surface area contributed by atoms with Gasteiger partial charge in [-0.2, -0.15) is 0 Å². The summed E-state index contributed by atoms with van der Waals surface area (Å²) in [6, 6.07) is 8.52. The van der Waals surface area contributed by atoms with Crippen LogP contribution in [0.1, 0.15) is 23.7 Å². The summed E-state index contributed by atoms with van der Waals surface area (Å²) in [5.74, 6) is 0.532. The second-order valence-corrected chi connectivity index (χ2v) is 5.22. The van der Waals surface area contributed by atoms with E-state index in [1.807, 2.05) is 0 Å². The van der Waals surface area contributed by atoms with Crippen LogP contribution >= 0.6 is 0 Å². The third-order valence-electron chi connectivity index (χ3n) is 3.69. The fraction of sp³-hybridized carbons (Fsp3) is 0.625. The van der Waals surface area contributed by atoms with Crippen molar-refractivity contribution in [2.75, 3.05) is 40.5 Å². The van der Waals surface area contributed by atoms with Crippen molar-refractivity contribution in [1.29, 1.82) is 0 Å². The van der Waals surface area contributed by atoms with Gasteiger partial charge < -0.3 is 19.5 Å². The Labute approximate surface area is 121 Å². The molecule has 1 saturated heterocycles. The molecule has 1 aromatic carbocycles. The van der Waals surface area contributed by atoms with E-state index in [1.54, 1.807) is 14.2 Å². The van der Waals surface area contributed by atoms with E-state index in [4.69, 9.17) is 14.2 Å². The first kappa shape index (κ1) is 15.4. The quantitative estimate of drug-likeness (QED) is 0.740. The lowest BCUT2D eigenvalue weighted by atomic mass is 9.94. The van der Waals surface area contributed by atoms with Crippen LogP contribution in [-0.4, -0.2) is 40.5 Å². The van der Waals surface area contributed by atoms with Crippen molar-refractivity contribution in [3.8, 4) is 0 Å². The zero-order chi connectivity index (χ0) is 14.2. The second-order valence-electron chi connectivity index (χ2n) is 5.22. The minimum atomic E-state index is 0.196. The van der Waals surface area contributed by atoms with Crippen LogP contribution in [0.5, 0.6) is 0 Å². The van der Waals surface area contributed by atoms with E-state index < -0.39 is 0 Å². The van der Waals surface area contributed by atoms with E-state index in [0.717, 1.165) is 32.7 Å². The molecule has 0 radical (unpaired) electrons. The average Bonchev–Trinajstić information content (AvgIpc) is 2.93. The van der Waals surface area contributed by atoms with Crippen molar-refractivity contribution in [2.45, 2.75) is 19.1 Å². The van der Waals surface area contributed by atoms with Gasteiger partial charge in [-0.1, -0.05) is 24.3 Å². The highest BCUT2D eigenvalue weighted by Gasteiger charge is 2.29. The summed E-state index contributed by atoms with van der Waals surface area (Å²) in [6.07, 6.45) is 1.31. The number of hydrogen-bond acceptors (Lipinski definition) is 4. The molecule has 0 aromatic heterocycles. The Kier molecular flexibility index (Phi) is 6.47. The zero-order valence-electron chi connectivity index (χ0n) is 12.4. The van der Waals surface area contributed by atoms with Crippen molar-refractivity contribution in [1.82, 2.24) is 5.32 Å². The Hall–Kier alpha value is -0.940. The highest BCUT2D eigenvalue weighted by Crippen LogP contribution is 2.34. The number of benzene rings is 1. The molecule has 0 saturated carbocycles. The van der Waals surface area contributed by atoms with Crippen LogP contribution in [0.4, 0.5) is 0 Å². The summed E-state index contributed by atoms with van der Waals surface area (Å²) in [5, 5.41) is 3.44. The summed E-state index contributed by atoms with van der Waals surface area (Å²) in [6.45, 7) is 4.11. The fourth-order valence-corrected chi connectivity index (χ4v) is 2.70. The van der Waals surface area contributed by atoms with Gasteiger partial charge in [0.05, 0.1) is 19.3 Å². The summed E-state index contributed by atoms with van der Waals surface area (Å²) in [5.41, 5.74) is 2.46. The molecule has 2 unspecified atom stereocenters. The van der Waals surface area contributed by atoms with Gasteiger partial charge in [0.2, 0.25) is 0 Å². The summed E-state index contributed by atoms with van der Waals surface area (Å²) in [4.78, 5) is 0. The number of nitrogens with one attached hydrogen (secondary N) is 1. The predicted molar refractivity (Wildman–Crippen MR) is 78.7 cm³/mol. The molecule has 4 nitrogen and oxygen atoms in total. The normalized spacial score (nSPS) is 22.3. The van der Waals surface area contributed by atoms with Crippen LogP contribution < -0.4 is 5.32 Å². The molecule has 4 heteroatoms. The molecule has 1 aliphatic rings. The van der Waals surface area contributed by atoms with Crippen LogP contribution in [0.3, 0.4) is 0 Å². The van der Waals surface area contributed by atoms with Crippen molar-refractivity contribution in [2.24, 2.45) is 5.92 Å². The van der Waals surface area contributed by atoms with Gasteiger partial charge in [0.25, 0.3) is 0 Å². The molecule has 0 spiro atoms. The van der Waals surface area contributed by atoms with Crippen molar-refractivity contribution in [3.05, 3.63) is 35.4 Å². The first-order chi connectivity index (χ1) is 9.85. The minimum Gasteiger partial charge on any atom is -0.383 e. The molecule has 0 amide bonds. The highest BCUT2D eigenvalue weighted by atomic mass is 16.5. The SMILES string of the molecule is COCCNCC1CCOC1c1cccc(COC)c1. The Balaban J connectivity index is 1.93. The van der Waals surface area contributed by atoms with E-state index in [2.05, 4.69) is 29.6 Å². The van der Waals surface area contributed by atoms with Crippen LogP contribution in [0.15, 0.2) is 24.3 Å². The van der Waals surface area contributed by atoms with E-state index in [-0.39, 0.29) is 6.10 Å². The molecular formula is C16H25NO3. The van der Waals surface area contributed by atoms with Crippen molar-refractivity contribution < 1.29 is 14.2 Å². The molecule has 0 bridgehead atoms. The molecule has 112 valence electrons. The third kappa shape index (κ3) is 4.28. The van der Waals surface area contributed by atoms with Gasteiger partial charge >= 0.3 is 0 Å². The fourth-order valence-electron chi connectivity index (χ4n) is 2.70. The van der Waals surface area contributed by atoms with E-state index in [9.17, 15) is 0 Å². The molecule has 1 heterocycles. The van der Waals surface area contributed by atoms with Crippen LogP contribution in [-0.2, 0) is 20.8 Å². The predicted octanol–water partition coefficient (Wildman–Crippen LogP) is 2.15. The Bertz CT molecular complexity index is 397. The van der Waals surface area contributed by atoms with Gasteiger partial charge in [-0.05, 0) is 17.5 Å². The molecule has 20 heavy (non-hydrogen) atoms. The minimum absolute atomic E-state index is 0.196. The zero-order valence-corrected chi connectivity index (χ0v) is 12.4. The van der Waals surface area contributed by atoms with E-state index in [0.29, 0.717) is 12.5 Å². The molecule has 1 aromatic rings. The molecule has 2 rings (SSSR count). The van der Waals surface area contributed by atoms with E-state index >= 15 is 0 Å². The smallest absolute Gasteiger partial charge is 0.0866 e. The molecule has 2 atom stereocenters. The van der Waals surface area contributed by atoms with Gasteiger partial charge in [0, 0.05) is 39.8 Å². The molecule has 1 N–H and O–H groups in total. The van der Waals surface area contributed by atoms with Gasteiger partial charge in [0.1, 0.15) is 0 Å². The number of ether oxygens (including phenoxy) is 3. The molecule has 1 fully saturated rings. The lowest BCUT2D eigenvalue weighted by molar-refractivity contribution is 0.0896. The average molecular weight is 279 g/mol. The molecular weight excluding hydrogens is 254 g/mol. The lowest BCUT2D eigenvalue weighted by Gasteiger charge is -2.20. The number of rotatable bonds is 8. The summed E-state index contributed by atoms with van der Waals surface area (Å²) < 4.78 is 16.2. The molecule has 1 aliphatic heterocycles. The maximum atomic E-state index is 5.93. The monoisotopic (exact) mass is 279 g/mol. The number of hydrogen-bond donors (Lipinski definition) is 1. The van der Waals surface area contributed by atoms with Crippen LogP contribution in [0, 0.1) is 5.92 Å². The Morgan fingerprint density at radius 2 is 2.20 bits per heavy atom. The van der Waals surface area contributed by atoms with Gasteiger partial charge in [-0.3, -0.25) is 0 Å². The third-order valence-corrected chi connectivity index (χ3v) is 3.69. The maximum Gasteiger partial charge on any atom is 0.0866 e. The van der Waals surface area contributed by atoms with Gasteiger partial charge in [0.15, 0.2) is 0 Å². The second kappa shape index (κ2) is 8.37. The van der Waals surface area contributed by atoms with Gasteiger partial charge in [-0.25, -0.2) is 0 Å². The van der Waals surface area contributed by atoms with Gasteiger partial charge in [-0.15, -0.1) is 0 Å². The number of methoxy groups -OCH3 is 2. The summed E-state index contributed by atoms with van der Waals surface area (Å²) >= 11 is 0. The highest BCUT2D eigenvalue weighted by molar-refractivity contribution is 5.26. The standard InChI is InChI=1S/C16H25NO3/c1-18-9-7-17-11-15-6-8-20-16(15)14-5-3-4-13(10-14)12-19-2/h3-5,10,15-17H,6-9,11-12H2,1-2H3. The Morgan fingerprint density at radius 3 is 3.00 bits per heavy atom. The first-order valence-electron chi connectivity index (χ1n) is 7.24. The topological polar surface area (TPSA) is 39.7 Å². The molecule has 0 aliphatic carbocycles. The maximum absolute atomic E-state index is 5.93. The Morgan fingerprint density at radius 1 is 1.30 bits per heavy atom. The van der Waals surface area contributed by atoms with Crippen LogP contribution in [0.2, 0.25) is 0 Å². The van der Waals surface area contributed by atoms with E-state index in [1.165, 1.54) is 11.1 Å². The largest absolute Gasteiger partial charge is 0.383 e. The lowest BCUT2D eigenvalue weighted by Crippen LogP contribution is -2.27.